The van der Waals surface area contributed by atoms with E-state index in [9.17, 15) is 4.79 Å². The Kier molecular flexibility index (Phi) is 5.73. The van der Waals surface area contributed by atoms with E-state index in [1.54, 1.807) is 11.3 Å². The van der Waals surface area contributed by atoms with E-state index in [4.69, 9.17) is 11.6 Å². The molecule has 21 heavy (non-hydrogen) atoms. The van der Waals surface area contributed by atoms with Gasteiger partial charge in [-0.2, -0.15) is 0 Å². The van der Waals surface area contributed by atoms with Gasteiger partial charge in [-0.1, -0.05) is 27.2 Å². The van der Waals surface area contributed by atoms with Crippen LogP contribution in [0, 0.1) is 5.41 Å². The molecule has 0 radical (unpaired) electrons. The minimum atomic E-state index is 0.0267. The van der Waals surface area contributed by atoms with E-state index in [1.165, 1.54) is 29.7 Å². The van der Waals surface area contributed by atoms with Crippen molar-refractivity contribution < 1.29 is 4.79 Å². The number of thiophene rings is 1. The molecule has 2 nitrogen and oxygen atoms in total. The summed E-state index contributed by atoms with van der Waals surface area (Å²) in [4.78, 5) is 14.8. The average Bonchev–Trinajstić information content (AvgIpc) is 2.69. The van der Waals surface area contributed by atoms with Crippen LogP contribution < -0.4 is 5.32 Å². The zero-order valence-electron chi connectivity index (χ0n) is 13.3. The maximum absolute atomic E-state index is 12.5. The van der Waals surface area contributed by atoms with Crippen LogP contribution in [0.25, 0.3) is 0 Å². The van der Waals surface area contributed by atoms with E-state index in [1.807, 2.05) is 0 Å². The first kappa shape index (κ1) is 16.8. The van der Waals surface area contributed by atoms with Crippen molar-refractivity contribution in [2.45, 2.75) is 65.3 Å². The van der Waals surface area contributed by atoms with Gasteiger partial charge in [0.1, 0.15) is 0 Å². The number of halogens is 1. The number of nitrogens with one attached hydrogen (secondary N) is 1. The van der Waals surface area contributed by atoms with Crippen molar-refractivity contribution in [2.75, 3.05) is 5.88 Å². The van der Waals surface area contributed by atoms with E-state index in [2.05, 4.69) is 32.2 Å². The van der Waals surface area contributed by atoms with Crippen molar-refractivity contribution >= 4 is 28.8 Å². The van der Waals surface area contributed by atoms with E-state index >= 15 is 0 Å². The number of hydrogen-bond donors (Lipinski definition) is 1. The number of amides is 1. The third-order valence-electron chi connectivity index (χ3n) is 4.22. The molecule has 1 atom stereocenters. The molecule has 1 aromatic heterocycles. The van der Waals surface area contributed by atoms with Crippen LogP contribution in [-0.4, -0.2) is 17.8 Å². The largest absolute Gasteiger partial charge is 0.348 e. The van der Waals surface area contributed by atoms with Crippen LogP contribution in [0.3, 0.4) is 0 Å². The lowest BCUT2D eigenvalue weighted by Crippen LogP contribution is -2.43. The molecule has 1 unspecified atom stereocenters. The van der Waals surface area contributed by atoms with Gasteiger partial charge in [0.05, 0.1) is 4.88 Å². The summed E-state index contributed by atoms with van der Waals surface area (Å²) in [5.74, 6) is 0.640. The molecular formula is C17H26ClNOS. The zero-order chi connectivity index (χ0) is 15.5. The van der Waals surface area contributed by atoms with Gasteiger partial charge in [0, 0.05) is 16.8 Å². The van der Waals surface area contributed by atoms with Gasteiger partial charge in [0.2, 0.25) is 0 Å². The third kappa shape index (κ3) is 4.46. The number of fused-ring (bicyclic) bond motifs is 1. The molecule has 1 aliphatic carbocycles. The number of aryl methyl sites for hydroxylation is 2. The second-order valence-electron chi connectivity index (χ2n) is 6.99. The summed E-state index contributed by atoms with van der Waals surface area (Å²) in [6, 6.07) is 2.23. The molecule has 118 valence electrons. The van der Waals surface area contributed by atoms with Crippen molar-refractivity contribution in [3.63, 3.8) is 0 Å². The van der Waals surface area contributed by atoms with E-state index < -0.39 is 0 Å². The second-order valence-corrected chi connectivity index (χ2v) is 8.50. The van der Waals surface area contributed by atoms with E-state index in [0.29, 0.717) is 5.88 Å². The molecule has 0 saturated carbocycles. The van der Waals surface area contributed by atoms with Crippen molar-refractivity contribution in [1.29, 1.82) is 0 Å². The first-order valence-electron chi connectivity index (χ1n) is 7.90. The summed E-state index contributed by atoms with van der Waals surface area (Å²) in [7, 11) is 0. The fourth-order valence-corrected chi connectivity index (χ4v) is 4.21. The molecule has 0 saturated heterocycles. The molecular weight excluding hydrogens is 302 g/mol. The van der Waals surface area contributed by atoms with Crippen molar-refractivity contribution in [3.8, 4) is 0 Å². The zero-order valence-corrected chi connectivity index (χ0v) is 14.9. The number of rotatable bonds is 4. The molecule has 0 fully saturated rings. The lowest BCUT2D eigenvalue weighted by molar-refractivity contribution is 0.0904. The molecule has 1 aliphatic rings. The Morgan fingerprint density at radius 2 is 2.05 bits per heavy atom. The predicted molar refractivity (Wildman–Crippen MR) is 91.6 cm³/mol. The number of carbonyl (C=O) groups is 1. The molecule has 1 N–H and O–H groups in total. The fourth-order valence-electron chi connectivity index (χ4n) is 2.84. The van der Waals surface area contributed by atoms with Crippen LogP contribution in [0.1, 0.15) is 66.6 Å². The second kappa shape index (κ2) is 7.15. The van der Waals surface area contributed by atoms with Crippen molar-refractivity contribution in [3.05, 3.63) is 21.4 Å². The molecule has 1 aromatic rings. The maximum atomic E-state index is 12.5. The SMILES string of the molecule is CC(C)(C)C(CCCl)NC(=O)c1cc2c(s1)CCCCC2. The summed E-state index contributed by atoms with van der Waals surface area (Å²) < 4.78 is 0. The molecule has 4 heteroatoms. The predicted octanol–water partition coefficient (Wildman–Crippen LogP) is 4.79. The molecule has 1 heterocycles. The van der Waals surface area contributed by atoms with Crippen LogP contribution in [0.4, 0.5) is 0 Å². The summed E-state index contributed by atoms with van der Waals surface area (Å²) >= 11 is 7.57. The van der Waals surface area contributed by atoms with Gasteiger partial charge in [-0.05, 0) is 49.1 Å². The summed E-state index contributed by atoms with van der Waals surface area (Å²) in [5.41, 5.74) is 1.42. The number of alkyl halides is 1. The minimum absolute atomic E-state index is 0.0267. The molecule has 2 rings (SSSR count). The van der Waals surface area contributed by atoms with E-state index in [-0.39, 0.29) is 17.4 Å². The summed E-state index contributed by atoms with van der Waals surface area (Å²) in [6.07, 6.45) is 6.89. The fraction of sp³-hybridized carbons (Fsp3) is 0.706. The number of hydrogen-bond acceptors (Lipinski definition) is 2. The Bertz CT molecular complexity index is 466. The quantitative estimate of drug-likeness (QED) is 0.625. The highest BCUT2D eigenvalue weighted by Crippen LogP contribution is 2.30. The van der Waals surface area contributed by atoms with Crippen LogP contribution >= 0.6 is 22.9 Å². The molecule has 0 aromatic carbocycles. The molecule has 0 bridgehead atoms. The van der Waals surface area contributed by atoms with Crippen LogP contribution in [0.15, 0.2) is 6.07 Å². The monoisotopic (exact) mass is 327 g/mol. The lowest BCUT2D eigenvalue weighted by Gasteiger charge is -2.31. The highest BCUT2D eigenvalue weighted by molar-refractivity contribution is 7.14. The van der Waals surface area contributed by atoms with Crippen LogP contribution in [-0.2, 0) is 12.8 Å². The topological polar surface area (TPSA) is 29.1 Å². The Balaban J connectivity index is 2.09. The van der Waals surface area contributed by atoms with E-state index in [0.717, 1.165) is 24.1 Å². The Morgan fingerprint density at radius 1 is 1.33 bits per heavy atom. The van der Waals surface area contributed by atoms with Crippen molar-refractivity contribution in [2.24, 2.45) is 5.41 Å². The minimum Gasteiger partial charge on any atom is -0.348 e. The van der Waals surface area contributed by atoms with Gasteiger partial charge >= 0.3 is 0 Å². The van der Waals surface area contributed by atoms with Gasteiger partial charge in [-0.15, -0.1) is 22.9 Å². The summed E-state index contributed by atoms with van der Waals surface area (Å²) in [5, 5.41) is 3.19. The van der Waals surface area contributed by atoms with Gasteiger partial charge < -0.3 is 5.32 Å². The third-order valence-corrected chi connectivity index (χ3v) is 5.67. The lowest BCUT2D eigenvalue weighted by atomic mass is 9.85. The maximum Gasteiger partial charge on any atom is 0.261 e. The van der Waals surface area contributed by atoms with Gasteiger partial charge in [0.25, 0.3) is 5.91 Å². The van der Waals surface area contributed by atoms with Gasteiger partial charge in [-0.25, -0.2) is 0 Å². The van der Waals surface area contributed by atoms with Gasteiger partial charge in [-0.3, -0.25) is 4.79 Å². The number of carbonyl (C=O) groups excluding carboxylic acids is 1. The Hall–Kier alpha value is -0.540. The smallest absolute Gasteiger partial charge is 0.261 e. The molecule has 0 aliphatic heterocycles. The van der Waals surface area contributed by atoms with Gasteiger partial charge in [0.15, 0.2) is 0 Å². The van der Waals surface area contributed by atoms with Crippen LogP contribution in [0.2, 0.25) is 0 Å². The average molecular weight is 328 g/mol. The molecule has 0 spiro atoms. The normalized spacial score (nSPS) is 17.0. The first-order valence-corrected chi connectivity index (χ1v) is 9.25. The highest BCUT2D eigenvalue weighted by atomic mass is 35.5. The Labute approximate surface area is 137 Å². The molecule has 1 amide bonds. The first-order chi connectivity index (χ1) is 9.91. The standard InChI is InChI=1S/C17H26ClNOS/c1-17(2,3)15(9-10-18)19-16(20)14-11-12-7-5-4-6-8-13(12)21-14/h11,15H,4-10H2,1-3H3,(H,19,20). The highest BCUT2D eigenvalue weighted by Gasteiger charge is 2.27. The summed E-state index contributed by atoms with van der Waals surface area (Å²) in [6.45, 7) is 6.44. The Morgan fingerprint density at radius 3 is 2.71 bits per heavy atom. The van der Waals surface area contributed by atoms with Crippen molar-refractivity contribution in [1.82, 2.24) is 5.32 Å². The van der Waals surface area contributed by atoms with Crippen LogP contribution in [0.5, 0.6) is 0 Å².